The zero-order valence-corrected chi connectivity index (χ0v) is 69.1. The number of likely N-dealkylation sites (tertiary alicyclic amines) is 3. The second-order valence-electron chi connectivity index (χ2n) is 29.0. The zero-order valence-electron chi connectivity index (χ0n) is 64.3. The first-order valence-electron chi connectivity index (χ1n) is 37.0. The number of anilines is 3. The Balaban J connectivity index is 0.000000150. The van der Waals surface area contributed by atoms with Crippen molar-refractivity contribution in [1.29, 1.82) is 0 Å². The lowest BCUT2D eigenvalue weighted by Crippen LogP contribution is -2.44. The lowest BCUT2D eigenvalue weighted by atomic mass is 10.0. The summed E-state index contributed by atoms with van der Waals surface area (Å²) in [6.07, 6.45) is 13.5. The number of hydrogen-bond acceptors (Lipinski definition) is 22. The molecule has 31 nitrogen and oxygen atoms in total. The van der Waals surface area contributed by atoms with Crippen LogP contribution in [0.3, 0.4) is 0 Å². The van der Waals surface area contributed by atoms with Gasteiger partial charge < -0.3 is 30.7 Å². The number of Topliss-reactive ketones (excluding diaryl/α,β-unsaturated/α-hetero) is 3. The van der Waals surface area contributed by atoms with E-state index >= 15 is 0 Å². The molecular weight excluding hydrogens is 1660 g/mol. The Morgan fingerprint density at radius 1 is 0.391 bits per heavy atom. The highest BCUT2D eigenvalue weighted by molar-refractivity contribution is 9.11. The number of ketones is 3. The summed E-state index contributed by atoms with van der Waals surface area (Å²) < 4.78 is 6.40. The topological polar surface area (TPSA) is 382 Å². The fourth-order valence-electron chi connectivity index (χ4n) is 14.5. The zero-order chi connectivity index (χ0) is 81.8. The van der Waals surface area contributed by atoms with E-state index in [0.717, 1.165) is 27.8 Å². The summed E-state index contributed by atoms with van der Waals surface area (Å²) in [6.45, 7) is 18.8. The predicted octanol–water partition coefficient (Wildman–Crippen LogP) is 11.8. The van der Waals surface area contributed by atoms with E-state index in [9.17, 15) is 43.2 Å². The third-order valence-corrected chi connectivity index (χ3v) is 21.2. The molecule has 3 N–H and O–H groups in total. The van der Waals surface area contributed by atoms with E-state index in [1.165, 1.54) is 30.1 Å². The summed E-state index contributed by atoms with van der Waals surface area (Å²) in [7, 11) is 0. The molecule has 6 atom stereocenters. The van der Waals surface area contributed by atoms with Gasteiger partial charge in [0.1, 0.15) is 104 Å². The first kappa shape index (κ1) is 81.0. The molecule has 0 radical (unpaired) electrons. The number of nitrogens with one attached hydrogen (secondary N) is 3. The Morgan fingerprint density at radius 2 is 0.748 bits per heavy atom. The average Bonchev–Trinajstić information content (AvgIpc) is 1.63. The number of aromatic nitrogens is 16. The van der Waals surface area contributed by atoms with Crippen molar-refractivity contribution in [2.75, 3.05) is 35.6 Å². The molecule has 34 heteroatoms. The van der Waals surface area contributed by atoms with Crippen molar-refractivity contribution in [3.8, 4) is 33.5 Å². The molecule has 10 aromatic heterocycles. The van der Waals surface area contributed by atoms with E-state index in [1.807, 2.05) is 71.9 Å². The maximum absolute atomic E-state index is 13.6. The van der Waals surface area contributed by atoms with Gasteiger partial charge in [-0.05, 0) is 196 Å². The van der Waals surface area contributed by atoms with Gasteiger partial charge in [0.25, 0.3) is 0 Å². The van der Waals surface area contributed by atoms with Crippen molar-refractivity contribution in [3.05, 3.63) is 188 Å². The van der Waals surface area contributed by atoms with Gasteiger partial charge in [0, 0.05) is 110 Å². The second-order valence-corrected chi connectivity index (χ2v) is 31.4. The average molecular weight is 1740 g/mol. The van der Waals surface area contributed by atoms with Gasteiger partial charge in [-0.1, -0.05) is 45.0 Å². The molecule has 0 unspecified atom stereocenters. The van der Waals surface area contributed by atoms with Crippen LogP contribution < -0.4 is 16.0 Å². The van der Waals surface area contributed by atoms with Crippen molar-refractivity contribution in [2.24, 2.45) is 17.8 Å². The molecule has 13 heterocycles. The Labute approximate surface area is 684 Å². The lowest BCUT2D eigenvalue weighted by Gasteiger charge is -2.24. The number of halogens is 3. The summed E-state index contributed by atoms with van der Waals surface area (Å²) in [4.78, 5) is 165. The van der Waals surface area contributed by atoms with E-state index in [2.05, 4.69) is 129 Å². The molecule has 2 aromatic carbocycles. The minimum absolute atomic E-state index is 0.0940. The van der Waals surface area contributed by atoms with E-state index in [-0.39, 0.29) is 102 Å². The molecule has 3 aliphatic rings. The van der Waals surface area contributed by atoms with E-state index in [0.29, 0.717) is 137 Å². The SMILES string of the molecule is CC(=O)c1nn(CC(=O)N2C[C@H](C)C[C@H]2C(=O)Nc2cccc(Br)n2)c2c(C)cc(-c3cnc(C)nc3)cc12.CC(=O)c1nn(CC(=O)N2C[C@H](C)C[C@H]2C(=O)Nc2cccc(Br)n2)c2ccc(-c3cnc(C)nc3)cc12.CC(=O)c1nn(CC(=O)N2C[C@H](C)C[C@H]2C(=O)Nc2cccc(Br)n2)c2cnc(-c3cnc(C)nc3)cc12. The van der Waals surface area contributed by atoms with Crippen molar-refractivity contribution in [1.82, 2.24) is 93.9 Å². The van der Waals surface area contributed by atoms with E-state index < -0.39 is 18.1 Å². The predicted molar refractivity (Wildman–Crippen MR) is 439 cm³/mol. The van der Waals surface area contributed by atoms with Gasteiger partial charge in [-0.3, -0.25) is 62.2 Å². The van der Waals surface area contributed by atoms with Gasteiger partial charge in [0.2, 0.25) is 35.4 Å². The normalized spacial score (nSPS) is 17.1. The lowest BCUT2D eigenvalue weighted by molar-refractivity contribution is -0.137. The third-order valence-electron chi connectivity index (χ3n) is 19.9. The fraction of sp³-hybridized carbons (Fsp3) is 0.309. The molecule has 588 valence electrons. The van der Waals surface area contributed by atoms with Crippen LogP contribution in [0, 0.1) is 45.4 Å². The fourth-order valence-corrected chi connectivity index (χ4v) is 15.5. The number of carbonyl (C=O) groups excluding carboxylic acids is 9. The monoisotopic (exact) mass is 1740 g/mol. The molecule has 12 aromatic rings. The van der Waals surface area contributed by atoms with Gasteiger partial charge in [0.15, 0.2) is 17.3 Å². The second kappa shape index (κ2) is 34.7. The summed E-state index contributed by atoms with van der Waals surface area (Å²) in [5.74, 6) is 1.42. The summed E-state index contributed by atoms with van der Waals surface area (Å²) in [5.41, 5.74) is 8.24. The Hall–Kier alpha value is -12.0. The Morgan fingerprint density at radius 3 is 1.16 bits per heavy atom. The molecule has 6 amide bonds. The number of fused-ring (bicyclic) bond motifs is 3. The molecule has 3 aliphatic heterocycles. The molecule has 115 heavy (non-hydrogen) atoms. The quantitative estimate of drug-likeness (QED) is 0.0530. The van der Waals surface area contributed by atoms with Crippen LogP contribution in [0.15, 0.2) is 148 Å². The number of carbonyl (C=O) groups is 9. The van der Waals surface area contributed by atoms with Gasteiger partial charge in [-0.25, -0.2) is 44.9 Å². The molecule has 3 fully saturated rings. The molecule has 3 saturated heterocycles. The molecule has 0 saturated carbocycles. The molecular formula is C81H79Br3N22O9. The standard InChI is InChI=1S/C28H28BrN7O3.C27H26BrN7O3.C26H25BrN8O3/c1-15-8-22(28(39)33-24-7-5-6-23(29)32-24)35(13-15)25(38)14-36-27-16(2)9-19(20-11-30-18(4)31-12-20)10-21(27)26(34-36)17(3)37;1-15-9-22(27(38)32-24-6-4-5-23(28)31-24)34(13-15)25(37)14-35-21-8-7-18(19-11-29-17(3)30-12-19)10-20(21)26(33-35)16(2)36;1-14-7-20(26(38)32-23-6-4-5-22(27)31-23)34(12-14)24(37)13-35-21-11-30-19(17-9-28-16(3)29-10-17)8-18(21)25(33-35)15(2)36/h5-7,9-12,15,22H,8,13-14H2,1-4H3,(H,32,33,39);4-8,10-12,15,22H,9,13-14H2,1-3H3,(H,31,32,38);4-6,8-11,14,20H,7,12-13H2,1-3H3,(H,31,32,38)/t2*15-,22+;14-,20+/m111/s1. The number of amides is 6. The van der Waals surface area contributed by atoms with Gasteiger partial charge in [-0.2, -0.15) is 15.3 Å². The Bertz CT molecular complexity index is 5590. The summed E-state index contributed by atoms with van der Waals surface area (Å²) in [5, 5.41) is 23.8. The van der Waals surface area contributed by atoms with Crippen LogP contribution in [0.25, 0.3) is 66.2 Å². The third kappa shape index (κ3) is 18.6. The largest absolute Gasteiger partial charge is 0.329 e. The molecule has 0 bridgehead atoms. The Kier molecular flexibility index (Phi) is 24.5. The number of nitrogens with zero attached hydrogens (tertiary/aromatic N) is 19. The maximum Gasteiger partial charge on any atom is 0.248 e. The van der Waals surface area contributed by atoms with Crippen molar-refractivity contribution < 1.29 is 43.2 Å². The molecule has 0 spiro atoms. The number of pyridine rings is 4. The number of hydrogen-bond donors (Lipinski definition) is 3. The highest BCUT2D eigenvalue weighted by atomic mass is 79.9. The minimum atomic E-state index is -0.640. The van der Waals surface area contributed by atoms with E-state index in [1.54, 1.807) is 130 Å². The van der Waals surface area contributed by atoms with Crippen molar-refractivity contribution in [2.45, 2.75) is 126 Å². The van der Waals surface area contributed by atoms with Crippen LogP contribution >= 0.6 is 47.8 Å². The number of benzene rings is 2. The minimum Gasteiger partial charge on any atom is -0.329 e. The summed E-state index contributed by atoms with van der Waals surface area (Å²) >= 11 is 9.91. The van der Waals surface area contributed by atoms with Crippen LogP contribution in [0.1, 0.15) is 115 Å². The van der Waals surface area contributed by atoms with Crippen LogP contribution in [0.4, 0.5) is 17.5 Å². The number of aryl methyl sites for hydroxylation is 4. The first-order valence-corrected chi connectivity index (χ1v) is 39.3. The van der Waals surface area contributed by atoms with Gasteiger partial charge in [-0.15, -0.1) is 0 Å². The van der Waals surface area contributed by atoms with Gasteiger partial charge in [0.05, 0.1) is 28.4 Å². The van der Waals surface area contributed by atoms with Crippen molar-refractivity contribution in [3.63, 3.8) is 0 Å². The van der Waals surface area contributed by atoms with Crippen LogP contribution in [-0.4, -0.2) is 184 Å². The van der Waals surface area contributed by atoms with Crippen molar-refractivity contribution >= 4 is 151 Å². The maximum atomic E-state index is 13.6. The van der Waals surface area contributed by atoms with Crippen LogP contribution in [0.2, 0.25) is 0 Å². The van der Waals surface area contributed by atoms with Gasteiger partial charge >= 0.3 is 0 Å². The van der Waals surface area contributed by atoms with Crippen LogP contribution in [-0.2, 0) is 48.4 Å². The highest BCUT2D eigenvalue weighted by Gasteiger charge is 2.42. The smallest absolute Gasteiger partial charge is 0.248 e. The highest BCUT2D eigenvalue weighted by Crippen LogP contribution is 2.35. The van der Waals surface area contributed by atoms with E-state index in [4.69, 9.17) is 0 Å². The summed E-state index contributed by atoms with van der Waals surface area (Å²) in [6, 6.07) is 25.0. The van der Waals surface area contributed by atoms with Crippen LogP contribution in [0.5, 0.6) is 0 Å². The molecule has 15 rings (SSSR count). The molecule has 0 aliphatic carbocycles. The first-order chi connectivity index (χ1) is 55.0. The number of rotatable bonds is 18.